The van der Waals surface area contributed by atoms with Crippen LogP contribution in [0.25, 0.3) is 0 Å². The zero-order valence-corrected chi connectivity index (χ0v) is 11.7. The number of nitrogens with zero attached hydrogens (tertiary/aromatic N) is 2. The molecule has 0 amide bonds. The Hall–Kier alpha value is -1.13. The Labute approximate surface area is 110 Å². The minimum atomic E-state index is 0.275. The van der Waals surface area contributed by atoms with Crippen molar-refractivity contribution >= 4 is 0 Å². The average molecular weight is 251 g/mol. The van der Waals surface area contributed by atoms with Crippen LogP contribution < -0.4 is 5.32 Å². The fourth-order valence-electron chi connectivity index (χ4n) is 1.91. The molecule has 0 fully saturated rings. The molecule has 1 aromatic heterocycles. The van der Waals surface area contributed by atoms with Gasteiger partial charge in [-0.25, -0.2) is 0 Å². The summed E-state index contributed by atoms with van der Waals surface area (Å²) >= 11 is 0. The molecule has 102 valence electrons. The quantitative estimate of drug-likeness (QED) is 0.693. The maximum absolute atomic E-state index is 9.65. The largest absolute Gasteiger partial charge is 0.506 e. The van der Waals surface area contributed by atoms with Crippen molar-refractivity contribution in [3.8, 4) is 5.75 Å². The van der Waals surface area contributed by atoms with Crippen LogP contribution in [0.3, 0.4) is 0 Å². The topological polar surface area (TPSA) is 48.4 Å². The standard InChI is InChI=1S/C14H25N3O/c1-4-17(5-2)10-6-9-15-11-13-14(18)8-7-12(3)16-13/h7-8,15,18H,4-6,9-11H2,1-3H3. The van der Waals surface area contributed by atoms with Crippen LogP contribution in [0.1, 0.15) is 31.7 Å². The molecule has 18 heavy (non-hydrogen) atoms. The zero-order valence-electron chi connectivity index (χ0n) is 11.7. The van der Waals surface area contributed by atoms with Crippen molar-refractivity contribution in [2.75, 3.05) is 26.2 Å². The van der Waals surface area contributed by atoms with Crippen molar-refractivity contribution in [2.24, 2.45) is 0 Å². The van der Waals surface area contributed by atoms with Gasteiger partial charge in [0.05, 0.1) is 5.69 Å². The van der Waals surface area contributed by atoms with Gasteiger partial charge in [0.25, 0.3) is 0 Å². The lowest BCUT2D eigenvalue weighted by atomic mass is 10.3. The molecular formula is C14H25N3O. The SMILES string of the molecule is CCN(CC)CCCNCc1nc(C)ccc1O. The second-order valence-corrected chi connectivity index (χ2v) is 4.48. The van der Waals surface area contributed by atoms with Crippen LogP contribution in [-0.2, 0) is 6.54 Å². The van der Waals surface area contributed by atoms with Gasteiger partial charge in [0.15, 0.2) is 0 Å². The monoisotopic (exact) mass is 251 g/mol. The minimum Gasteiger partial charge on any atom is -0.506 e. The molecule has 1 aromatic rings. The first-order valence-corrected chi connectivity index (χ1v) is 6.76. The van der Waals surface area contributed by atoms with Crippen molar-refractivity contribution in [1.82, 2.24) is 15.2 Å². The summed E-state index contributed by atoms with van der Waals surface area (Å²) in [5.74, 6) is 0.275. The molecule has 4 nitrogen and oxygen atoms in total. The van der Waals surface area contributed by atoms with Crippen LogP contribution in [0.2, 0.25) is 0 Å². The maximum Gasteiger partial charge on any atom is 0.138 e. The molecule has 0 saturated carbocycles. The van der Waals surface area contributed by atoms with E-state index in [0.29, 0.717) is 6.54 Å². The molecule has 1 heterocycles. The first-order valence-electron chi connectivity index (χ1n) is 6.76. The van der Waals surface area contributed by atoms with Crippen LogP contribution in [0.5, 0.6) is 5.75 Å². The van der Waals surface area contributed by atoms with Crippen molar-refractivity contribution < 1.29 is 5.11 Å². The molecular weight excluding hydrogens is 226 g/mol. The number of aromatic hydroxyl groups is 1. The summed E-state index contributed by atoms with van der Waals surface area (Å²) in [6.45, 7) is 11.2. The van der Waals surface area contributed by atoms with E-state index < -0.39 is 0 Å². The molecule has 0 radical (unpaired) electrons. The Morgan fingerprint density at radius 1 is 1.28 bits per heavy atom. The molecule has 0 aliphatic carbocycles. The lowest BCUT2D eigenvalue weighted by Gasteiger charge is -2.17. The van der Waals surface area contributed by atoms with E-state index in [1.807, 2.05) is 13.0 Å². The highest BCUT2D eigenvalue weighted by Gasteiger charge is 2.03. The Kier molecular flexibility index (Phi) is 6.68. The molecule has 0 atom stereocenters. The first kappa shape index (κ1) is 14.9. The van der Waals surface area contributed by atoms with Crippen molar-refractivity contribution in [3.63, 3.8) is 0 Å². The van der Waals surface area contributed by atoms with Gasteiger partial charge in [-0.2, -0.15) is 0 Å². The highest BCUT2D eigenvalue weighted by molar-refractivity contribution is 5.27. The van der Waals surface area contributed by atoms with Crippen molar-refractivity contribution in [1.29, 1.82) is 0 Å². The molecule has 0 unspecified atom stereocenters. The van der Waals surface area contributed by atoms with Gasteiger partial charge in [0.1, 0.15) is 5.75 Å². The minimum absolute atomic E-state index is 0.275. The normalized spacial score (nSPS) is 11.1. The van der Waals surface area contributed by atoms with Crippen molar-refractivity contribution in [2.45, 2.75) is 33.7 Å². The molecule has 0 saturated heterocycles. The Bertz CT molecular complexity index is 351. The van der Waals surface area contributed by atoms with Crippen LogP contribution in [0, 0.1) is 6.92 Å². The second kappa shape index (κ2) is 8.06. The number of rotatable bonds is 8. The lowest BCUT2D eigenvalue weighted by Crippen LogP contribution is -2.27. The van der Waals surface area contributed by atoms with Gasteiger partial charge < -0.3 is 15.3 Å². The zero-order chi connectivity index (χ0) is 13.4. The molecule has 0 aliphatic rings. The average Bonchev–Trinajstić information content (AvgIpc) is 2.38. The van der Waals surface area contributed by atoms with E-state index in [9.17, 15) is 5.11 Å². The van der Waals surface area contributed by atoms with Gasteiger partial charge in [-0.15, -0.1) is 0 Å². The summed E-state index contributed by atoms with van der Waals surface area (Å²) in [4.78, 5) is 6.72. The number of hydrogen-bond acceptors (Lipinski definition) is 4. The van der Waals surface area contributed by atoms with Gasteiger partial charge in [-0.1, -0.05) is 13.8 Å². The molecule has 1 rings (SSSR count). The molecule has 2 N–H and O–H groups in total. The summed E-state index contributed by atoms with van der Waals surface area (Å²) in [7, 11) is 0. The van der Waals surface area contributed by atoms with Gasteiger partial charge in [-0.3, -0.25) is 4.98 Å². The van der Waals surface area contributed by atoms with Crippen LogP contribution in [0.15, 0.2) is 12.1 Å². The van der Waals surface area contributed by atoms with E-state index >= 15 is 0 Å². The Morgan fingerprint density at radius 3 is 2.67 bits per heavy atom. The van der Waals surface area contributed by atoms with Crippen molar-refractivity contribution in [3.05, 3.63) is 23.5 Å². The van der Waals surface area contributed by atoms with E-state index in [2.05, 4.69) is 29.0 Å². The predicted octanol–water partition coefficient (Wildman–Crippen LogP) is 1.92. The number of nitrogens with one attached hydrogen (secondary N) is 1. The van der Waals surface area contributed by atoms with Crippen LogP contribution in [-0.4, -0.2) is 41.2 Å². The Morgan fingerprint density at radius 2 is 2.00 bits per heavy atom. The Balaban J connectivity index is 2.23. The lowest BCUT2D eigenvalue weighted by molar-refractivity contribution is 0.297. The highest BCUT2D eigenvalue weighted by atomic mass is 16.3. The fourth-order valence-corrected chi connectivity index (χ4v) is 1.91. The van der Waals surface area contributed by atoms with Gasteiger partial charge >= 0.3 is 0 Å². The smallest absolute Gasteiger partial charge is 0.138 e. The number of aromatic nitrogens is 1. The molecule has 0 aromatic carbocycles. The van der Waals surface area contributed by atoms with E-state index in [-0.39, 0.29) is 5.75 Å². The summed E-state index contributed by atoms with van der Waals surface area (Å²) in [6.07, 6.45) is 1.12. The maximum atomic E-state index is 9.65. The predicted molar refractivity (Wildman–Crippen MR) is 74.8 cm³/mol. The van der Waals surface area contributed by atoms with E-state index in [1.54, 1.807) is 6.07 Å². The number of aryl methyl sites for hydroxylation is 1. The molecule has 0 aliphatic heterocycles. The van der Waals surface area contributed by atoms with E-state index in [1.165, 1.54) is 0 Å². The summed E-state index contributed by atoms with van der Waals surface area (Å²) in [5.41, 5.74) is 1.67. The van der Waals surface area contributed by atoms with E-state index in [4.69, 9.17) is 0 Å². The molecule has 0 bridgehead atoms. The summed E-state index contributed by atoms with van der Waals surface area (Å²) < 4.78 is 0. The van der Waals surface area contributed by atoms with Gasteiger partial charge in [0.2, 0.25) is 0 Å². The van der Waals surface area contributed by atoms with Gasteiger partial charge in [0, 0.05) is 12.2 Å². The van der Waals surface area contributed by atoms with Gasteiger partial charge in [-0.05, 0) is 51.7 Å². The number of pyridine rings is 1. The first-order chi connectivity index (χ1) is 8.67. The molecule has 4 heteroatoms. The van der Waals surface area contributed by atoms with Crippen LogP contribution in [0.4, 0.5) is 0 Å². The second-order valence-electron chi connectivity index (χ2n) is 4.48. The fraction of sp³-hybridized carbons (Fsp3) is 0.643. The third kappa shape index (κ3) is 5.02. The number of hydrogen-bond donors (Lipinski definition) is 2. The molecule has 0 spiro atoms. The van der Waals surface area contributed by atoms with Crippen LogP contribution >= 0.6 is 0 Å². The third-order valence-electron chi connectivity index (χ3n) is 3.10. The highest BCUT2D eigenvalue weighted by Crippen LogP contribution is 2.13. The van der Waals surface area contributed by atoms with E-state index in [0.717, 1.165) is 44.0 Å². The summed E-state index contributed by atoms with van der Waals surface area (Å²) in [6, 6.07) is 3.52. The third-order valence-corrected chi connectivity index (χ3v) is 3.10. The summed E-state index contributed by atoms with van der Waals surface area (Å²) in [5, 5.41) is 13.0.